The second-order valence-corrected chi connectivity index (χ2v) is 6.45. The van der Waals surface area contributed by atoms with Gasteiger partial charge in [0.05, 0.1) is 24.2 Å². The van der Waals surface area contributed by atoms with Crippen molar-refractivity contribution in [3.8, 4) is 0 Å². The minimum atomic E-state index is -0.736. The number of carbonyl (C=O) groups excluding carboxylic acids is 2. The molecule has 6 heteroatoms. The van der Waals surface area contributed by atoms with Crippen molar-refractivity contribution >= 4 is 11.9 Å². The lowest BCUT2D eigenvalue weighted by Crippen LogP contribution is -2.63. The van der Waals surface area contributed by atoms with Gasteiger partial charge < -0.3 is 19.5 Å². The Morgan fingerprint density at radius 1 is 1.61 bits per heavy atom. The molecule has 126 valence electrons. The van der Waals surface area contributed by atoms with Crippen LogP contribution in [-0.4, -0.2) is 53.3 Å². The first-order valence-electron chi connectivity index (χ1n) is 8.13. The van der Waals surface area contributed by atoms with Crippen LogP contribution < -0.4 is 0 Å². The van der Waals surface area contributed by atoms with Gasteiger partial charge in [-0.25, -0.2) is 4.79 Å². The third-order valence-electron chi connectivity index (χ3n) is 5.03. The summed E-state index contributed by atoms with van der Waals surface area (Å²) in [5.41, 5.74) is 1.16. The summed E-state index contributed by atoms with van der Waals surface area (Å²) >= 11 is 0. The van der Waals surface area contributed by atoms with Gasteiger partial charge >= 0.3 is 5.97 Å². The van der Waals surface area contributed by atoms with Crippen molar-refractivity contribution in [2.45, 2.75) is 44.9 Å². The molecule has 0 aliphatic carbocycles. The topological polar surface area (TPSA) is 76.1 Å². The Labute approximate surface area is 135 Å². The third kappa shape index (κ3) is 2.40. The molecule has 0 aromatic carbocycles. The molecule has 0 aromatic rings. The van der Waals surface area contributed by atoms with Crippen LogP contribution in [-0.2, 0) is 19.1 Å². The first-order valence-corrected chi connectivity index (χ1v) is 8.13. The molecule has 0 aromatic heterocycles. The number of hydrogen-bond donors (Lipinski definition) is 1. The average Bonchev–Trinajstić information content (AvgIpc) is 3.09. The standard InChI is InChI=1S/C17H23NO5/c1-4-7-23-17(21)15-12(11-6-5-8-22-11)9(2)14-13(10(3)19)16(20)18(14)15/h4,9-11,13-14,19H,1,5-8H2,2-3H3/t9-,10+,11+,13+,14+/m0/s1. The summed E-state index contributed by atoms with van der Waals surface area (Å²) in [5.74, 6) is -1.22. The summed E-state index contributed by atoms with van der Waals surface area (Å²) in [6.07, 6.45) is 2.39. The van der Waals surface area contributed by atoms with Crippen LogP contribution in [0.1, 0.15) is 26.7 Å². The van der Waals surface area contributed by atoms with E-state index in [0.717, 1.165) is 18.4 Å². The van der Waals surface area contributed by atoms with Gasteiger partial charge in [0, 0.05) is 12.5 Å². The second-order valence-electron chi connectivity index (χ2n) is 6.45. The number of rotatable bonds is 5. The molecule has 0 bridgehead atoms. The number of esters is 1. The van der Waals surface area contributed by atoms with E-state index in [9.17, 15) is 14.7 Å². The quantitative estimate of drug-likeness (QED) is 0.464. The minimum absolute atomic E-state index is 0.0262. The molecule has 3 rings (SSSR count). The van der Waals surface area contributed by atoms with Gasteiger partial charge in [-0.2, -0.15) is 0 Å². The molecule has 3 aliphatic rings. The highest BCUT2D eigenvalue weighted by Crippen LogP contribution is 2.49. The van der Waals surface area contributed by atoms with Crippen molar-refractivity contribution in [3.63, 3.8) is 0 Å². The SMILES string of the molecule is C=CCOC(=O)C1=C([C@H]2CCCO2)[C@H](C)[C@@H]2[C@@H]([C@@H](C)O)C(=O)N12. The van der Waals surface area contributed by atoms with Crippen LogP contribution in [0.25, 0.3) is 0 Å². The third-order valence-corrected chi connectivity index (χ3v) is 5.03. The number of hydrogen-bond acceptors (Lipinski definition) is 5. The van der Waals surface area contributed by atoms with Crippen LogP contribution in [0.2, 0.25) is 0 Å². The summed E-state index contributed by atoms with van der Waals surface area (Å²) in [4.78, 5) is 26.4. The van der Waals surface area contributed by atoms with Crippen molar-refractivity contribution in [2.24, 2.45) is 11.8 Å². The van der Waals surface area contributed by atoms with Gasteiger partial charge in [-0.15, -0.1) is 0 Å². The highest BCUT2D eigenvalue weighted by atomic mass is 16.5. The molecule has 6 nitrogen and oxygen atoms in total. The van der Waals surface area contributed by atoms with E-state index in [-0.39, 0.29) is 30.6 Å². The molecule has 0 spiro atoms. The maximum atomic E-state index is 12.5. The molecular formula is C17H23NO5. The molecule has 2 fully saturated rings. The van der Waals surface area contributed by atoms with Gasteiger partial charge in [-0.05, 0) is 25.3 Å². The molecule has 0 saturated carbocycles. The van der Waals surface area contributed by atoms with Crippen LogP contribution >= 0.6 is 0 Å². The Kier molecular flexibility index (Phi) is 4.29. The molecule has 0 unspecified atom stereocenters. The van der Waals surface area contributed by atoms with E-state index in [2.05, 4.69) is 6.58 Å². The Hall–Kier alpha value is -1.66. The van der Waals surface area contributed by atoms with E-state index >= 15 is 0 Å². The van der Waals surface area contributed by atoms with E-state index in [1.165, 1.54) is 11.0 Å². The van der Waals surface area contributed by atoms with E-state index in [4.69, 9.17) is 9.47 Å². The molecule has 3 heterocycles. The molecular weight excluding hydrogens is 298 g/mol. The molecule has 2 saturated heterocycles. The number of amides is 1. The minimum Gasteiger partial charge on any atom is -0.457 e. The highest BCUT2D eigenvalue weighted by molar-refractivity contribution is 6.01. The zero-order valence-corrected chi connectivity index (χ0v) is 13.5. The number of carbonyl (C=O) groups is 2. The lowest BCUT2D eigenvalue weighted by Gasteiger charge is -2.46. The maximum absolute atomic E-state index is 12.5. The fraction of sp³-hybridized carbons (Fsp3) is 0.647. The number of aliphatic hydroxyl groups excluding tert-OH is 1. The first-order chi connectivity index (χ1) is 11.0. The molecule has 23 heavy (non-hydrogen) atoms. The Bertz CT molecular complexity index is 561. The Balaban J connectivity index is 1.96. The van der Waals surface area contributed by atoms with Crippen molar-refractivity contribution < 1.29 is 24.2 Å². The number of aliphatic hydroxyl groups is 1. The second kappa shape index (κ2) is 6.09. The Morgan fingerprint density at radius 2 is 2.35 bits per heavy atom. The summed E-state index contributed by atoms with van der Waals surface area (Å²) in [6, 6.07) is -0.187. The monoisotopic (exact) mass is 321 g/mol. The number of fused-ring (bicyclic) bond motifs is 1. The summed E-state index contributed by atoms with van der Waals surface area (Å²) in [5, 5.41) is 9.90. The van der Waals surface area contributed by atoms with Gasteiger partial charge in [0.1, 0.15) is 12.3 Å². The lowest BCUT2D eigenvalue weighted by atomic mass is 9.77. The zero-order valence-electron chi connectivity index (χ0n) is 13.5. The zero-order chi connectivity index (χ0) is 16.7. The molecule has 5 atom stereocenters. The summed E-state index contributed by atoms with van der Waals surface area (Å²) in [7, 11) is 0. The smallest absolute Gasteiger partial charge is 0.355 e. The maximum Gasteiger partial charge on any atom is 0.355 e. The van der Waals surface area contributed by atoms with Gasteiger partial charge in [-0.1, -0.05) is 19.6 Å². The van der Waals surface area contributed by atoms with E-state index in [1.807, 2.05) is 6.92 Å². The van der Waals surface area contributed by atoms with Crippen LogP contribution in [0.3, 0.4) is 0 Å². The van der Waals surface area contributed by atoms with Crippen molar-refractivity contribution in [1.82, 2.24) is 4.90 Å². The van der Waals surface area contributed by atoms with Gasteiger partial charge in [0.15, 0.2) is 0 Å². The van der Waals surface area contributed by atoms with Crippen molar-refractivity contribution in [2.75, 3.05) is 13.2 Å². The van der Waals surface area contributed by atoms with Gasteiger partial charge in [-0.3, -0.25) is 4.79 Å². The average molecular weight is 321 g/mol. The fourth-order valence-corrected chi connectivity index (χ4v) is 4.04. The van der Waals surface area contributed by atoms with Gasteiger partial charge in [0.25, 0.3) is 0 Å². The number of nitrogens with zero attached hydrogens (tertiary/aromatic N) is 1. The first kappa shape index (κ1) is 16.2. The molecule has 1 amide bonds. The van der Waals surface area contributed by atoms with Crippen molar-refractivity contribution in [3.05, 3.63) is 23.9 Å². The normalized spacial score (nSPS) is 34.2. The number of ether oxygens (including phenoxy) is 2. The van der Waals surface area contributed by atoms with Crippen LogP contribution in [0, 0.1) is 11.8 Å². The predicted octanol–water partition coefficient (Wildman–Crippen LogP) is 1.01. The highest BCUT2D eigenvalue weighted by Gasteiger charge is 2.61. The van der Waals surface area contributed by atoms with Gasteiger partial charge in [0.2, 0.25) is 5.91 Å². The van der Waals surface area contributed by atoms with Crippen LogP contribution in [0.15, 0.2) is 23.9 Å². The van der Waals surface area contributed by atoms with E-state index in [1.54, 1.807) is 6.92 Å². The fourth-order valence-electron chi connectivity index (χ4n) is 4.04. The van der Waals surface area contributed by atoms with E-state index in [0.29, 0.717) is 12.3 Å². The largest absolute Gasteiger partial charge is 0.457 e. The number of β-lactam (4-membered cyclic amide) rings is 1. The summed E-state index contributed by atoms with van der Waals surface area (Å²) in [6.45, 7) is 7.91. The van der Waals surface area contributed by atoms with E-state index < -0.39 is 18.0 Å². The molecule has 3 aliphatic heterocycles. The molecule has 0 radical (unpaired) electrons. The Morgan fingerprint density at radius 3 is 2.91 bits per heavy atom. The van der Waals surface area contributed by atoms with Crippen LogP contribution in [0.5, 0.6) is 0 Å². The molecule has 1 N–H and O–H groups in total. The van der Waals surface area contributed by atoms with Crippen LogP contribution in [0.4, 0.5) is 0 Å². The lowest BCUT2D eigenvalue weighted by molar-refractivity contribution is -0.164. The predicted molar refractivity (Wildman–Crippen MR) is 82.1 cm³/mol. The van der Waals surface area contributed by atoms with Crippen molar-refractivity contribution in [1.29, 1.82) is 0 Å². The summed E-state index contributed by atoms with van der Waals surface area (Å²) < 4.78 is 10.9.